The summed E-state index contributed by atoms with van der Waals surface area (Å²) in [6.45, 7) is 2.30. The van der Waals surface area contributed by atoms with E-state index in [4.69, 9.17) is 15.0 Å². The van der Waals surface area contributed by atoms with Crippen LogP contribution >= 0.6 is 7.55 Å². The number of rotatable bonds is 6. The summed E-state index contributed by atoms with van der Waals surface area (Å²) in [4.78, 5) is 14.9. The minimum atomic E-state index is -0.749. The van der Waals surface area contributed by atoms with Crippen molar-refractivity contribution >= 4 is 41.0 Å². The summed E-state index contributed by atoms with van der Waals surface area (Å²) in [6.07, 6.45) is 11.5. The van der Waals surface area contributed by atoms with Gasteiger partial charge in [-0.15, -0.1) is 7.55 Å². The second-order valence-electron chi connectivity index (χ2n) is 12.1. The molecule has 1 unspecified atom stereocenters. The molecule has 4 heteroatoms. The zero-order chi connectivity index (χ0) is 31.7. The van der Waals surface area contributed by atoms with E-state index in [2.05, 4.69) is 97.9 Å². The van der Waals surface area contributed by atoms with E-state index in [1.165, 1.54) is 43.6 Å². The number of benzene rings is 6. The van der Waals surface area contributed by atoms with E-state index in [0.29, 0.717) is 17.5 Å². The normalized spacial score (nSPS) is 13.7. The van der Waals surface area contributed by atoms with Crippen molar-refractivity contribution in [3.8, 4) is 45.3 Å². The molecule has 1 aliphatic carbocycles. The Balaban J connectivity index is 1.34. The van der Waals surface area contributed by atoms with Crippen molar-refractivity contribution in [2.24, 2.45) is 0 Å². The number of hydrogen-bond donors (Lipinski definition) is 0. The molecular formula is C43H34N3P. The van der Waals surface area contributed by atoms with Crippen LogP contribution in [0.4, 0.5) is 0 Å². The highest BCUT2D eigenvalue weighted by atomic mass is 31.1. The summed E-state index contributed by atoms with van der Waals surface area (Å²) in [5.41, 5.74) is 7.86. The third-order valence-electron chi connectivity index (χ3n) is 8.98. The van der Waals surface area contributed by atoms with Crippen molar-refractivity contribution < 1.29 is 0 Å². The predicted octanol–water partition coefficient (Wildman–Crippen LogP) is 11.2. The van der Waals surface area contributed by atoms with Gasteiger partial charge in [-0.3, -0.25) is 0 Å². The van der Waals surface area contributed by atoms with Gasteiger partial charge in [0, 0.05) is 16.7 Å². The van der Waals surface area contributed by atoms with E-state index in [1.807, 2.05) is 60.7 Å². The Bertz CT molecular complexity index is 2260. The first-order chi connectivity index (χ1) is 23.1. The van der Waals surface area contributed by atoms with Crippen molar-refractivity contribution in [2.75, 3.05) is 6.66 Å². The molecule has 3 nitrogen and oxygen atoms in total. The fraction of sp³-hybridized carbons (Fsp3) is 0.0698. The average Bonchev–Trinajstić information content (AvgIpc) is 3.14. The van der Waals surface area contributed by atoms with Crippen molar-refractivity contribution in [3.63, 3.8) is 0 Å². The maximum Gasteiger partial charge on any atom is 0.164 e. The van der Waals surface area contributed by atoms with E-state index >= 15 is 0 Å². The van der Waals surface area contributed by atoms with Crippen LogP contribution in [0, 0.1) is 0 Å². The standard InChI is InChI=1S/C43H34N3P/c1-47(2)34-22-14-20-32(28-34)40-37-25-11-9-23-35(37)39(36-24-10-12-26-38(36)40)31-19-13-21-33(27-31)43-45-41(29-15-5-3-6-16-29)44-42(46-43)30-17-7-4-8-18-30/h3-13,15-21,23-28,47H,1,14,22H2,2H3. The van der Waals surface area contributed by atoms with Gasteiger partial charge in [0.15, 0.2) is 17.5 Å². The van der Waals surface area contributed by atoms with Gasteiger partial charge in [0.25, 0.3) is 0 Å². The Kier molecular flexibility index (Phi) is 7.69. The van der Waals surface area contributed by atoms with Crippen molar-refractivity contribution in [2.45, 2.75) is 12.8 Å². The van der Waals surface area contributed by atoms with Crippen molar-refractivity contribution in [1.29, 1.82) is 0 Å². The highest BCUT2D eigenvalue weighted by Crippen LogP contribution is 2.45. The van der Waals surface area contributed by atoms with Gasteiger partial charge < -0.3 is 0 Å². The molecule has 47 heavy (non-hydrogen) atoms. The van der Waals surface area contributed by atoms with Gasteiger partial charge in [0.2, 0.25) is 0 Å². The van der Waals surface area contributed by atoms with Crippen LogP contribution in [0.1, 0.15) is 18.4 Å². The van der Waals surface area contributed by atoms with E-state index < -0.39 is 7.55 Å². The summed E-state index contributed by atoms with van der Waals surface area (Å²) in [6, 6.07) is 46.6. The lowest BCUT2D eigenvalue weighted by Crippen LogP contribution is -2.00. The van der Waals surface area contributed by atoms with E-state index in [-0.39, 0.29) is 0 Å². The van der Waals surface area contributed by atoms with Crippen LogP contribution in [-0.4, -0.2) is 27.9 Å². The second kappa shape index (κ2) is 12.4. The lowest BCUT2D eigenvalue weighted by Gasteiger charge is -2.21. The third kappa shape index (κ3) is 5.54. The quantitative estimate of drug-likeness (QED) is 0.137. The van der Waals surface area contributed by atoms with Gasteiger partial charge in [-0.1, -0.05) is 146 Å². The zero-order valence-corrected chi connectivity index (χ0v) is 27.3. The molecule has 0 amide bonds. The molecule has 226 valence electrons. The van der Waals surface area contributed by atoms with Crippen LogP contribution in [0.5, 0.6) is 0 Å². The molecule has 0 N–H and O–H groups in total. The molecule has 1 atom stereocenters. The summed E-state index contributed by atoms with van der Waals surface area (Å²) in [5, 5.41) is 6.52. The van der Waals surface area contributed by atoms with Gasteiger partial charge in [0.05, 0.1) is 0 Å². The van der Waals surface area contributed by atoms with Gasteiger partial charge >= 0.3 is 0 Å². The number of nitrogens with zero attached hydrogens (tertiary/aromatic N) is 3. The Morgan fingerprint density at radius 1 is 0.511 bits per heavy atom. The first-order valence-electron chi connectivity index (χ1n) is 16.1. The molecule has 1 aliphatic rings. The Labute approximate surface area is 276 Å². The fourth-order valence-electron chi connectivity index (χ4n) is 6.71. The number of hydrogen-bond acceptors (Lipinski definition) is 3. The highest BCUT2D eigenvalue weighted by molar-refractivity contribution is 7.59. The summed E-state index contributed by atoms with van der Waals surface area (Å²) >= 11 is 0. The second-order valence-corrected chi connectivity index (χ2v) is 14.3. The van der Waals surface area contributed by atoms with Crippen LogP contribution in [0.15, 0.2) is 151 Å². The van der Waals surface area contributed by atoms with Crippen molar-refractivity contribution in [3.05, 3.63) is 156 Å². The van der Waals surface area contributed by atoms with Crippen LogP contribution in [0.3, 0.4) is 0 Å². The van der Waals surface area contributed by atoms with E-state index in [1.54, 1.807) is 0 Å². The maximum absolute atomic E-state index is 5.02. The number of fused-ring (bicyclic) bond motifs is 2. The summed E-state index contributed by atoms with van der Waals surface area (Å²) in [5.74, 6) is 1.97. The maximum atomic E-state index is 5.02. The van der Waals surface area contributed by atoms with E-state index in [0.717, 1.165) is 35.1 Å². The molecule has 0 spiro atoms. The van der Waals surface area contributed by atoms with Crippen LogP contribution in [0.2, 0.25) is 0 Å². The molecule has 6 aromatic carbocycles. The van der Waals surface area contributed by atoms with Gasteiger partial charge in [0.1, 0.15) is 0 Å². The van der Waals surface area contributed by atoms with Crippen LogP contribution < -0.4 is 0 Å². The average molecular weight is 624 g/mol. The van der Waals surface area contributed by atoms with Crippen molar-refractivity contribution in [1.82, 2.24) is 15.0 Å². The monoisotopic (exact) mass is 623 g/mol. The summed E-state index contributed by atoms with van der Waals surface area (Å²) in [7, 11) is -0.749. The molecule has 8 rings (SSSR count). The molecule has 0 aliphatic heterocycles. The minimum absolute atomic E-state index is 0.653. The lowest BCUT2D eigenvalue weighted by molar-refractivity contribution is 1.02. The third-order valence-corrected chi connectivity index (χ3v) is 10.5. The SMILES string of the molecule is C=[PH](C)C1=CC(c2c3ccccc3c(-c3cccc(-c4nc(-c5ccccc5)nc(-c5ccccc5)n4)c3)c3ccccc23)=CCC1. The highest BCUT2D eigenvalue weighted by Gasteiger charge is 2.19. The fourth-order valence-corrected chi connectivity index (χ4v) is 7.69. The zero-order valence-electron chi connectivity index (χ0n) is 26.3. The molecule has 1 heterocycles. The molecule has 0 saturated carbocycles. The molecule has 0 bridgehead atoms. The predicted molar refractivity (Wildman–Crippen MR) is 203 cm³/mol. The topological polar surface area (TPSA) is 38.7 Å². The molecule has 0 saturated heterocycles. The van der Waals surface area contributed by atoms with E-state index in [9.17, 15) is 0 Å². The van der Waals surface area contributed by atoms with Gasteiger partial charge in [-0.05, 0) is 74.7 Å². The Hall–Kier alpha value is -5.37. The van der Waals surface area contributed by atoms with Gasteiger partial charge in [-0.25, -0.2) is 15.0 Å². The summed E-state index contributed by atoms with van der Waals surface area (Å²) < 4.78 is 0. The Morgan fingerprint density at radius 3 is 1.49 bits per heavy atom. The van der Waals surface area contributed by atoms with Crippen LogP contribution in [0.25, 0.3) is 72.4 Å². The Morgan fingerprint density at radius 2 is 0.957 bits per heavy atom. The molecule has 7 aromatic rings. The first-order valence-corrected chi connectivity index (χ1v) is 18.3. The van der Waals surface area contributed by atoms with Crippen LogP contribution in [-0.2, 0) is 0 Å². The molecular weight excluding hydrogens is 589 g/mol. The molecule has 0 fully saturated rings. The molecule has 1 aromatic heterocycles. The van der Waals surface area contributed by atoms with Gasteiger partial charge in [-0.2, -0.15) is 0 Å². The number of allylic oxidation sites excluding steroid dienone is 4. The lowest BCUT2D eigenvalue weighted by atomic mass is 9.84. The smallest absolute Gasteiger partial charge is 0.164 e. The minimum Gasteiger partial charge on any atom is -0.208 e. The molecule has 0 radical (unpaired) electrons. The largest absolute Gasteiger partial charge is 0.208 e. The number of aromatic nitrogens is 3. The first kappa shape index (κ1) is 29.1.